The minimum Gasteiger partial charge on any atom is -0.396 e. The summed E-state index contributed by atoms with van der Waals surface area (Å²) in [6.07, 6.45) is -0.593. The van der Waals surface area contributed by atoms with E-state index >= 15 is 0 Å². The van der Waals surface area contributed by atoms with Crippen LogP contribution in [0.25, 0.3) is 0 Å². The molecule has 0 bridgehead atoms. The van der Waals surface area contributed by atoms with Crippen LogP contribution in [0.1, 0.15) is 24.2 Å². The van der Waals surface area contributed by atoms with Crippen molar-refractivity contribution in [1.29, 1.82) is 0 Å². The van der Waals surface area contributed by atoms with E-state index in [9.17, 15) is 18.7 Å². The Morgan fingerprint density at radius 3 is 2.81 bits per heavy atom. The number of hydrogen-bond acceptors (Lipinski definition) is 4. The number of halogens is 2. The number of ether oxygens (including phenoxy) is 1. The second-order valence-corrected chi connectivity index (χ2v) is 5.69. The normalized spacial score (nSPS) is 21.4. The zero-order valence-corrected chi connectivity index (χ0v) is 11.9. The molecule has 0 aromatic heterocycles. The number of carbonyl (C=O) groups is 1. The third-order valence-electron chi connectivity index (χ3n) is 3.31. The van der Waals surface area contributed by atoms with E-state index < -0.39 is 34.8 Å². The third kappa shape index (κ3) is 3.14. The van der Waals surface area contributed by atoms with E-state index in [0.717, 1.165) is 12.1 Å². The van der Waals surface area contributed by atoms with Crippen molar-refractivity contribution in [3.63, 3.8) is 0 Å². The molecule has 1 aliphatic rings. The number of aliphatic hydroxyl groups is 1. The SMILES string of the molecule is CC1(C)CN(C(=O)c2c(F)ccc(N)c2F)CC(CO)O1. The van der Waals surface area contributed by atoms with Crippen LogP contribution in [0.2, 0.25) is 0 Å². The van der Waals surface area contributed by atoms with Crippen molar-refractivity contribution in [1.82, 2.24) is 4.90 Å². The first-order valence-corrected chi connectivity index (χ1v) is 6.56. The number of anilines is 1. The van der Waals surface area contributed by atoms with Gasteiger partial charge in [0.25, 0.3) is 5.91 Å². The van der Waals surface area contributed by atoms with Crippen molar-refractivity contribution in [3.05, 3.63) is 29.3 Å². The minimum atomic E-state index is -1.06. The van der Waals surface area contributed by atoms with Gasteiger partial charge in [-0.05, 0) is 26.0 Å². The smallest absolute Gasteiger partial charge is 0.260 e. The summed E-state index contributed by atoms with van der Waals surface area (Å²) < 4.78 is 33.3. The zero-order valence-electron chi connectivity index (χ0n) is 11.9. The van der Waals surface area contributed by atoms with Gasteiger partial charge in [0, 0.05) is 13.1 Å². The van der Waals surface area contributed by atoms with Gasteiger partial charge in [0.2, 0.25) is 0 Å². The van der Waals surface area contributed by atoms with Crippen LogP contribution in [-0.2, 0) is 4.74 Å². The van der Waals surface area contributed by atoms with Crippen molar-refractivity contribution in [2.75, 3.05) is 25.4 Å². The van der Waals surface area contributed by atoms with Crippen molar-refractivity contribution in [2.45, 2.75) is 25.6 Å². The summed E-state index contributed by atoms with van der Waals surface area (Å²) in [6, 6.07) is 2.03. The number of carbonyl (C=O) groups excluding carboxylic acids is 1. The lowest BCUT2D eigenvalue weighted by atomic mass is 10.0. The number of nitrogens with two attached hydrogens (primary N) is 1. The van der Waals surface area contributed by atoms with Crippen LogP contribution in [0.3, 0.4) is 0 Å². The van der Waals surface area contributed by atoms with Crippen molar-refractivity contribution in [3.8, 4) is 0 Å². The standard InChI is InChI=1S/C14H18F2N2O3/c1-14(2)7-18(5-8(6-19)21-14)13(20)11-9(15)3-4-10(17)12(11)16/h3-4,8,19H,5-7,17H2,1-2H3. The van der Waals surface area contributed by atoms with Gasteiger partial charge in [-0.2, -0.15) is 0 Å². The molecule has 1 atom stereocenters. The molecular weight excluding hydrogens is 282 g/mol. The van der Waals surface area contributed by atoms with E-state index in [4.69, 9.17) is 10.5 Å². The molecule has 0 spiro atoms. The lowest BCUT2D eigenvalue weighted by molar-refractivity contribution is -0.139. The van der Waals surface area contributed by atoms with Crippen molar-refractivity contribution < 1.29 is 23.4 Å². The molecule has 1 fully saturated rings. The molecule has 1 aromatic rings. The molecule has 3 N–H and O–H groups in total. The molecule has 1 unspecified atom stereocenters. The second kappa shape index (κ2) is 5.57. The van der Waals surface area contributed by atoms with E-state index in [0.29, 0.717) is 0 Å². The Morgan fingerprint density at radius 2 is 2.19 bits per heavy atom. The highest BCUT2D eigenvalue weighted by atomic mass is 19.1. The molecule has 1 aromatic carbocycles. The molecule has 0 aliphatic carbocycles. The predicted molar refractivity (Wildman–Crippen MR) is 72.7 cm³/mol. The first-order chi connectivity index (χ1) is 9.75. The topological polar surface area (TPSA) is 75.8 Å². The second-order valence-electron chi connectivity index (χ2n) is 5.69. The van der Waals surface area contributed by atoms with E-state index in [2.05, 4.69) is 0 Å². The number of rotatable bonds is 2. The fourth-order valence-electron chi connectivity index (χ4n) is 2.47. The first kappa shape index (κ1) is 15.7. The van der Waals surface area contributed by atoms with Crippen LogP contribution < -0.4 is 5.73 Å². The van der Waals surface area contributed by atoms with Crippen LogP contribution in [0.5, 0.6) is 0 Å². The summed E-state index contributed by atoms with van der Waals surface area (Å²) in [5, 5.41) is 9.22. The van der Waals surface area contributed by atoms with E-state index in [1.54, 1.807) is 13.8 Å². The highest BCUT2D eigenvalue weighted by Gasteiger charge is 2.37. The molecule has 1 amide bonds. The molecule has 2 rings (SSSR count). The molecule has 0 saturated carbocycles. The fourth-order valence-corrected chi connectivity index (χ4v) is 2.47. The predicted octanol–water partition coefficient (Wildman–Crippen LogP) is 1.16. The molecule has 116 valence electrons. The maximum absolute atomic E-state index is 13.9. The van der Waals surface area contributed by atoms with Crippen LogP contribution in [0, 0.1) is 11.6 Å². The Balaban J connectivity index is 2.34. The number of hydrogen-bond donors (Lipinski definition) is 2. The molecule has 5 nitrogen and oxygen atoms in total. The summed E-state index contributed by atoms with van der Waals surface area (Å²) >= 11 is 0. The lowest BCUT2D eigenvalue weighted by Crippen LogP contribution is -2.55. The van der Waals surface area contributed by atoms with Crippen LogP contribution in [0.15, 0.2) is 12.1 Å². The number of amides is 1. The highest BCUT2D eigenvalue weighted by Crippen LogP contribution is 2.25. The Morgan fingerprint density at radius 1 is 1.52 bits per heavy atom. The molecule has 1 aliphatic heterocycles. The Bertz CT molecular complexity index is 563. The molecule has 21 heavy (non-hydrogen) atoms. The van der Waals surface area contributed by atoms with Gasteiger partial charge in [0.05, 0.1) is 24.0 Å². The van der Waals surface area contributed by atoms with E-state index in [-0.39, 0.29) is 25.4 Å². The van der Waals surface area contributed by atoms with Crippen molar-refractivity contribution in [2.24, 2.45) is 0 Å². The summed E-state index contributed by atoms with van der Waals surface area (Å²) in [6.45, 7) is 3.42. The maximum Gasteiger partial charge on any atom is 0.260 e. The van der Waals surface area contributed by atoms with Gasteiger partial charge < -0.3 is 20.5 Å². The van der Waals surface area contributed by atoms with Gasteiger partial charge in [-0.15, -0.1) is 0 Å². The summed E-state index contributed by atoms with van der Waals surface area (Å²) in [7, 11) is 0. The largest absolute Gasteiger partial charge is 0.396 e. The van der Waals surface area contributed by atoms with Gasteiger partial charge >= 0.3 is 0 Å². The van der Waals surface area contributed by atoms with Crippen LogP contribution >= 0.6 is 0 Å². The average Bonchev–Trinajstić information content (AvgIpc) is 2.41. The van der Waals surface area contributed by atoms with Crippen molar-refractivity contribution >= 4 is 11.6 Å². The monoisotopic (exact) mass is 300 g/mol. The maximum atomic E-state index is 13.9. The molecular formula is C14H18F2N2O3. The first-order valence-electron chi connectivity index (χ1n) is 6.56. The lowest BCUT2D eigenvalue weighted by Gasteiger charge is -2.42. The number of nitrogen functional groups attached to an aromatic ring is 1. The zero-order chi connectivity index (χ0) is 15.8. The Labute approximate surface area is 121 Å². The van der Waals surface area contributed by atoms with Crippen LogP contribution in [0.4, 0.5) is 14.5 Å². The number of aliphatic hydroxyl groups excluding tert-OH is 1. The van der Waals surface area contributed by atoms with Gasteiger partial charge in [-0.1, -0.05) is 0 Å². The third-order valence-corrected chi connectivity index (χ3v) is 3.31. The number of nitrogens with zero attached hydrogens (tertiary/aromatic N) is 1. The van der Waals surface area contributed by atoms with Gasteiger partial charge in [0.1, 0.15) is 11.4 Å². The van der Waals surface area contributed by atoms with Gasteiger partial charge in [-0.25, -0.2) is 8.78 Å². The number of morpholine rings is 1. The van der Waals surface area contributed by atoms with Gasteiger partial charge in [-0.3, -0.25) is 4.79 Å². The molecule has 1 saturated heterocycles. The van der Waals surface area contributed by atoms with Crippen LogP contribution in [-0.4, -0.2) is 47.3 Å². The summed E-state index contributed by atoms with van der Waals surface area (Å²) in [5.74, 6) is -2.83. The number of benzene rings is 1. The van der Waals surface area contributed by atoms with Gasteiger partial charge in [0.15, 0.2) is 5.82 Å². The molecule has 7 heteroatoms. The summed E-state index contributed by atoms with van der Waals surface area (Å²) in [5.41, 5.74) is 3.71. The van der Waals surface area contributed by atoms with E-state index in [1.807, 2.05) is 0 Å². The fraction of sp³-hybridized carbons (Fsp3) is 0.500. The Kier molecular flexibility index (Phi) is 4.15. The quantitative estimate of drug-likeness (QED) is 0.804. The molecule has 0 radical (unpaired) electrons. The molecule has 1 heterocycles. The Hall–Kier alpha value is -1.73. The highest BCUT2D eigenvalue weighted by molar-refractivity contribution is 5.95. The average molecular weight is 300 g/mol. The summed E-state index contributed by atoms with van der Waals surface area (Å²) in [4.78, 5) is 13.7. The minimum absolute atomic E-state index is 0.0619. The van der Waals surface area contributed by atoms with E-state index in [1.165, 1.54) is 4.90 Å².